The van der Waals surface area contributed by atoms with Crippen molar-refractivity contribution in [3.63, 3.8) is 0 Å². The summed E-state index contributed by atoms with van der Waals surface area (Å²) >= 11 is 5.93. The second-order valence-electron chi connectivity index (χ2n) is 7.73. The molecule has 0 radical (unpaired) electrons. The van der Waals surface area contributed by atoms with Gasteiger partial charge in [-0.05, 0) is 37.3 Å². The third-order valence-corrected chi connectivity index (χ3v) is 5.86. The molecule has 2 heterocycles. The molecule has 3 rings (SSSR count). The largest absolute Gasteiger partial charge is 0.351 e. The Kier molecular flexibility index (Phi) is 7.07. The summed E-state index contributed by atoms with van der Waals surface area (Å²) in [6.07, 6.45) is 5.95. The number of hydrogen-bond donors (Lipinski definition) is 3. The Morgan fingerprint density at radius 3 is 2.72 bits per heavy atom. The molecule has 0 spiro atoms. The first-order chi connectivity index (χ1) is 13.9. The smallest absolute Gasteiger partial charge is 0.243 e. The predicted octanol–water partition coefficient (Wildman–Crippen LogP) is 2.35. The van der Waals surface area contributed by atoms with Crippen molar-refractivity contribution in [3.05, 3.63) is 11.1 Å². The van der Waals surface area contributed by atoms with Gasteiger partial charge in [-0.3, -0.25) is 25.6 Å². The summed E-state index contributed by atoms with van der Waals surface area (Å²) < 4.78 is 14.8. The van der Waals surface area contributed by atoms with Gasteiger partial charge in [-0.15, -0.1) is 0 Å². The molecule has 1 aromatic rings. The lowest BCUT2D eigenvalue weighted by molar-refractivity contribution is -0.154. The van der Waals surface area contributed by atoms with Crippen LogP contribution in [0.5, 0.6) is 0 Å². The zero-order valence-corrected chi connectivity index (χ0v) is 17.0. The summed E-state index contributed by atoms with van der Waals surface area (Å²) in [5.74, 6) is -1.60. The lowest BCUT2D eigenvalue weighted by Gasteiger charge is -2.39. The molecule has 1 aliphatic carbocycles. The zero-order chi connectivity index (χ0) is 21.0. The standard InChI is InChI=1S/C18H26ClFN6O3/c1-11-6-7-26(11)16-14(20)15(21-18(19)22-16)23-24-17(28)13(9-25(29)10-27)8-12-4-2-3-5-12/h10-13,29H,2-9H2,1H3,(H,24,28)(H,21,22,23)/t11?,13-/m0/s1. The highest BCUT2D eigenvalue weighted by Crippen LogP contribution is 2.32. The van der Waals surface area contributed by atoms with Crippen molar-refractivity contribution in [1.29, 1.82) is 0 Å². The van der Waals surface area contributed by atoms with Gasteiger partial charge in [-0.2, -0.15) is 14.4 Å². The number of nitrogens with zero attached hydrogens (tertiary/aromatic N) is 4. The lowest BCUT2D eigenvalue weighted by atomic mass is 9.92. The first-order valence-electron chi connectivity index (χ1n) is 9.85. The molecule has 3 N–H and O–H groups in total. The number of amides is 2. The van der Waals surface area contributed by atoms with Crippen molar-refractivity contribution in [1.82, 2.24) is 20.5 Å². The van der Waals surface area contributed by atoms with Gasteiger partial charge in [0, 0.05) is 12.6 Å². The van der Waals surface area contributed by atoms with Gasteiger partial charge in [0.1, 0.15) is 0 Å². The highest BCUT2D eigenvalue weighted by atomic mass is 35.5. The minimum absolute atomic E-state index is 0.0884. The van der Waals surface area contributed by atoms with Crippen molar-refractivity contribution in [2.75, 3.05) is 23.4 Å². The molecule has 9 nitrogen and oxygen atoms in total. The first-order valence-corrected chi connectivity index (χ1v) is 10.2. The molecule has 2 fully saturated rings. The van der Waals surface area contributed by atoms with E-state index in [1.165, 1.54) is 0 Å². The number of rotatable bonds is 9. The van der Waals surface area contributed by atoms with E-state index in [0.29, 0.717) is 23.9 Å². The highest BCUT2D eigenvalue weighted by Gasteiger charge is 2.30. The molecule has 2 aliphatic rings. The van der Waals surface area contributed by atoms with Crippen LogP contribution in [0.4, 0.5) is 16.0 Å². The molecule has 160 valence electrons. The van der Waals surface area contributed by atoms with E-state index in [0.717, 1.165) is 32.1 Å². The molecule has 2 atom stereocenters. The van der Waals surface area contributed by atoms with Gasteiger partial charge in [0.2, 0.25) is 23.4 Å². The van der Waals surface area contributed by atoms with Crippen molar-refractivity contribution >= 4 is 35.6 Å². The van der Waals surface area contributed by atoms with Gasteiger partial charge in [0.15, 0.2) is 11.6 Å². The van der Waals surface area contributed by atoms with Crippen molar-refractivity contribution in [2.24, 2.45) is 11.8 Å². The average molecular weight is 429 g/mol. The van der Waals surface area contributed by atoms with E-state index in [-0.39, 0.29) is 35.9 Å². The van der Waals surface area contributed by atoms with Crippen LogP contribution in [0.1, 0.15) is 45.4 Å². The fourth-order valence-electron chi connectivity index (χ4n) is 3.92. The third-order valence-electron chi connectivity index (χ3n) is 5.69. The highest BCUT2D eigenvalue weighted by molar-refractivity contribution is 6.28. The second-order valence-corrected chi connectivity index (χ2v) is 8.07. The van der Waals surface area contributed by atoms with Crippen LogP contribution in [0.2, 0.25) is 5.28 Å². The monoisotopic (exact) mass is 428 g/mol. The number of halogens is 2. The molecule has 0 bridgehead atoms. The van der Waals surface area contributed by atoms with Crippen LogP contribution in [-0.4, -0.2) is 51.7 Å². The van der Waals surface area contributed by atoms with E-state index in [9.17, 15) is 19.2 Å². The average Bonchev–Trinajstić information content (AvgIpc) is 3.20. The fourth-order valence-corrected chi connectivity index (χ4v) is 4.08. The molecule has 29 heavy (non-hydrogen) atoms. The van der Waals surface area contributed by atoms with Crippen LogP contribution < -0.4 is 15.8 Å². The van der Waals surface area contributed by atoms with Crippen LogP contribution in [0.25, 0.3) is 0 Å². The Balaban J connectivity index is 1.67. The topological polar surface area (TPSA) is 111 Å². The maximum absolute atomic E-state index is 14.8. The molecule has 0 aromatic carbocycles. The summed E-state index contributed by atoms with van der Waals surface area (Å²) in [6.45, 7) is 2.48. The molecule has 11 heteroatoms. The molecule has 1 unspecified atom stereocenters. The van der Waals surface area contributed by atoms with Gasteiger partial charge in [-0.25, -0.2) is 5.06 Å². The van der Waals surface area contributed by atoms with Gasteiger partial charge in [0.05, 0.1) is 12.5 Å². The molecule has 1 aromatic heterocycles. The first kappa shape index (κ1) is 21.5. The van der Waals surface area contributed by atoms with E-state index in [1.807, 2.05) is 6.92 Å². The molecule has 1 saturated heterocycles. The zero-order valence-electron chi connectivity index (χ0n) is 16.3. The summed E-state index contributed by atoms with van der Waals surface area (Å²) in [5.41, 5.74) is 4.92. The number of hydrogen-bond acceptors (Lipinski definition) is 7. The van der Waals surface area contributed by atoms with E-state index in [1.54, 1.807) is 4.90 Å². The van der Waals surface area contributed by atoms with Crippen LogP contribution in [-0.2, 0) is 9.59 Å². The molecular weight excluding hydrogens is 403 g/mol. The van der Waals surface area contributed by atoms with Crippen molar-refractivity contribution in [3.8, 4) is 0 Å². The SMILES string of the molecule is CC1CCN1c1nc(Cl)nc(NNC(=O)[C@@H](CC2CCCC2)CN(O)C=O)c1F. The number of nitrogens with one attached hydrogen (secondary N) is 2. The second kappa shape index (κ2) is 9.53. The normalized spacial score (nSPS) is 20.1. The molecule has 2 amide bonds. The number of carbonyl (C=O) groups excluding carboxylic acids is 2. The summed E-state index contributed by atoms with van der Waals surface area (Å²) in [7, 11) is 0. The number of hydroxylamine groups is 2. The van der Waals surface area contributed by atoms with Gasteiger partial charge < -0.3 is 4.90 Å². The number of hydrazine groups is 1. The Morgan fingerprint density at radius 1 is 1.41 bits per heavy atom. The van der Waals surface area contributed by atoms with E-state index < -0.39 is 17.6 Å². The van der Waals surface area contributed by atoms with Gasteiger partial charge in [0.25, 0.3) is 0 Å². The minimum Gasteiger partial charge on any atom is -0.351 e. The predicted molar refractivity (Wildman–Crippen MR) is 105 cm³/mol. The van der Waals surface area contributed by atoms with Gasteiger partial charge >= 0.3 is 0 Å². The Morgan fingerprint density at radius 2 is 2.14 bits per heavy atom. The Bertz CT molecular complexity index is 749. The summed E-state index contributed by atoms with van der Waals surface area (Å²) in [6, 6.07) is 0.146. The van der Waals surface area contributed by atoms with Crippen LogP contribution in [0.15, 0.2) is 0 Å². The van der Waals surface area contributed by atoms with Crippen molar-refractivity contribution in [2.45, 2.75) is 51.5 Å². The van der Waals surface area contributed by atoms with Crippen molar-refractivity contribution < 1.29 is 19.2 Å². The summed E-state index contributed by atoms with van der Waals surface area (Å²) in [5, 5.41) is 9.85. The maximum atomic E-state index is 14.8. The maximum Gasteiger partial charge on any atom is 0.243 e. The van der Waals surface area contributed by atoms with E-state index >= 15 is 0 Å². The fraction of sp³-hybridized carbons (Fsp3) is 0.667. The summed E-state index contributed by atoms with van der Waals surface area (Å²) in [4.78, 5) is 33.0. The van der Waals surface area contributed by atoms with Crippen LogP contribution >= 0.6 is 11.6 Å². The molecular formula is C18H26ClFN6O3. The Labute approximate surface area is 173 Å². The van der Waals surface area contributed by atoms with Crippen LogP contribution in [0.3, 0.4) is 0 Å². The number of aromatic nitrogens is 2. The van der Waals surface area contributed by atoms with Gasteiger partial charge in [-0.1, -0.05) is 25.7 Å². The van der Waals surface area contributed by atoms with E-state index in [4.69, 9.17) is 11.6 Å². The van der Waals surface area contributed by atoms with Crippen LogP contribution in [0, 0.1) is 17.7 Å². The minimum atomic E-state index is -0.703. The van der Waals surface area contributed by atoms with E-state index in [2.05, 4.69) is 20.8 Å². The quantitative estimate of drug-likeness (QED) is 0.239. The molecule has 1 aliphatic heterocycles. The number of carbonyl (C=O) groups is 2. The number of anilines is 2. The molecule has 1 saturated carbocycles. The lowest BCUT2D eigenvalue weighted by Crippen LogP contribution is -2.47. The Hall–Kier alpha value is -2.20. The third kappa shape index (κ3) is 5.24.